The SMILES string of the molecule is COCC(=O)Nc1ccc2c(C)cc(C(F)(F)F)nc2n1. The molecule has 2 aromatic rings. The molecule has 0 aliphatic rings. The first kappa shape index (κ1) is 15.2. The van der Waals surface area contributed by atoms with E-state index in [-0.39, 0.29) is 18.1 Å². The number of carbonyl (C=O) groups excluding carboxylic acids is 1. The summed E-state index contributed by atoms with van der Waals surface area (Å²) in [5.41, 5.74) is -0.674. The first-order valence-corrected chi connectivity index (χ1v) is 5.95. The topological polar surface area (TPSA) is 64.1 Å². The summed E-state index contributed by atoms with van der Waals surface area (Å²) in [5.74, 6) is -0.330. The monoisotopic (exact) mass is 299 g/mol. The maximum Gasteiger partial charge on any atom is 0.433 e. The van der Waals surface area contributed by atoms with Crippen molar-refractivity contribution in [1.29, 1.82) is 0 Å². The number of alkyl halides is 3. The van der Waals surface area contributed by atoms with Gasteiger partial charge >= 0.3 is 6.18 Å². The van der Waals surface area contributed by atoms with Crippen LogP contribution in [0.25, 0.3) is 11.0 Å². The first-order valence-electron chi connectivity index (χ1n) is 5.95. The summed E-state index contributed by atoms with van der Waals surface area (Å²) >= 11 is 0. The van der Waals surface area contributed by atoms with Crippen LogP contribution in [-0.4, -0.2) is 29.6 Å². The molecule has 0 atom stereocenters. The number of ether oxygens (including phenoxy) is 1. The number of pyridine rings is 2. The maximum atomic E-state index is 12.7. The summed E-state index contributed by atoms with van der Waals surface area (Å²) in [5, 5.41) is 2.91. The number of fused-ring (bicyclic) bond motifs is 1. The van der Waals surface area contributed by atoms with E-state index in [2.05, 4.69) is 20.0 Å². The Morgan fingerprint density at radius 3 is 2.67 bits per heavy atom. The van der Waals surface area contributed by atoms with Gasteiger partial charge < -0.3 is 10.1 Å². The standard InChI is InChI=1S/C13H12F3N3O2/c1-7-5-9(13(14,15)16)17-12-8(7)3-4-10(19-12)18-11(20)6-21-2/h3-5H,6H2,1-2H3,(H,17,18,19,20). The van der Waals surface area contributed by atoms with Crippen molar-refractivity contribution in [2.45, 2.75) is 13.1 Å². The van der Waals surface area contributed by atoms with Crippen molar-refractivity contribution in [1.82, 2.24) is 9.97 Å². The van der Waals surface area contributed by atoms with Gasteiger partial charge in [-0.15, -0.1) is 0 Å². The van der Waals surface area contributed by atoms with Gasteiger partial charge in [-0.2, -0.15) is 13.2 Å². The fourth-order valence-corrected chi connectivity index (χ4v) is 1.80. The minimum absolute atomic E-state index is 0.0717. The largest absolute Gasteiger partial charge is 0.433 e. The molecule has 0 aliphatic carbocycles. The second kappa shape index (κ2) is 5.65. The molecule has 0 aliphatic heterocycles. The lowest BCUT2D eigenvalue weighted by Gasteiger charge is -2.10. The zero-order chi connectivity index (χ0) is 15.6. The Morgan fingerprint density at radius 1 is 1.33 bits per heavy atom. The molecule has 0 fully saturated rings. The summed E-state index contributed by atoms with van der Waals surface area (Å²) in [7, 11) is 1.36. The van der Waals surface area contributed by atoms with Gasteiger partial charge in [-0.25, -0.2) is 9.97 Å². The van der Waals surface area contributed by atoms with Crippen LogP contribution in [0.2, 0.25) is 0 Å². The third kappa shape index (κ3) is 3.46. The number of aromatic nitrogens is 2. The summed E-state index contributed by atoms with van der Waals surface area (Å²) in [6.07, 6.45) is -4.55. The fraction of sp³-hybridized carbons (Fsp3) is 0.308. The zero-order valence-electron chi connectivity index (χ0n) is 11.3. The van der Waals surface area contributed by atoms with Crippen LogP contribution in [0.3, 0.4) is 0 Å². The third-order valence-electron chi connectivity index (χ3n) is 2.71. The van der Waals surface area contributed by atoms with Crippen LogP contribution in [0.5, 0.6) is 0 Å². The minimum Gasteiger partial charge on any atom is -0.375 e. The lowest BCUT2D eigenvalue weighted by molar-refractivity contribution is -0.141. The Bertz CT molecular complexity index is 686. The van der Waals surface area contributed by atoms with Crippen molar-refractivity contribution < 1.29 is 22.7 Å². The van der Waals surface area contributed by atoms with E-state index in [0.717, 1.165) is 6.07 Å². The van der Waals surface area contributed by atoms with Gasteiger partial charge in [0.05, 0.1) is 0 Å². The molecular formula is C13H12F3N3O2. The van der Waals surface area contributed by atoms with Gasteiger partial charge in [0.2, 0.25) is 0 Å². The van der Waals surface area contributed by atoms with E-state index in [0.29, 0.717) is 10.9 Å². The smallest absolute Gasteiger partial charge is 0.375 e. The number of nitrogens with zero attached hydrogens (tertiary/aromatic N) is 2. The van der Waals surface area contributed by atoms with Gasteiger partial charge in [-0.3, -0.25) is 4.79 Å². The van der Waals surface area contributed by atoms with Gasteiger partial charge in [0.15, 0.2) is 5.65 Å². The fourth-order valence-electron chi connectivity index (χ4n) is 1.80. The molecule has 8 heteroatoms. The van der Waals surface area contributed by atoms with Crippen molar-refractivity contribution in [2.24, 2.45) is 0 Å². The summed E-state index contributed by atoms with van der Waals surface area (Å²) in [4.78, 5) is 18.8. The average molecular weight is 299 g/mol. The number of hydrogen-bond acceptors (Lipinski definition) is 4. The summed E-state index contributed by atoms with van der Waals surface area (Å²) < 4.78 is 42.8. The molecule has 0 unspecified atom stereocenters. The normalized spacial score (nSPS) is 11.7. The van der Waals surface area contributed by atoms with Crippen LogP contribution in [0.15, 0.2) is 18.2 Å². The predicted octanol–water partition coefficient (Wildman–Crippen LogP) is 2.54. The summed E-state index contributed by atoms with van der Waals surface area (Å²) in [6.45, 7) is 1.37. The van der Waals surface area contributed by atoms with Gasteiger partial charge in [-0.1, -0.05) is 0 Å². The highest BCUT2D eigenvalue weighted by atomic mass is 19.4. The molecule has 0 aromatic carbocycles. The molecule has 0 spiro atoms. The molecular weight excluding hydrogens is 287 g/mol. The van der Waals surface area contributed by atoms with Crippen LogP contribution in [-0.2, 0) is 15.7 Å². The van der Waals surface area contributed by atoms with E-state index < -0.39 is 17.8 Å². The van der Waals surface area contributed by atoms with Gasteiger partial charge in [-0.05, 0) is 30.7 Å². The van der Waals surface area contributed by atoms with Gasteiger partial charge in [0.1, 0.15) is 18.1 Å². The molecule has 1 amide bonds. The second-order valence-electron chi connectivity index (χ2n) is 4.37. The molecule has 0 bridgehead atoms. The Labute approximate surface area is 118 Å². The Hall–Kier alpha value is -2.22. The van der Waals surface area contributed by atoms with E-state index in [9.17, 15) is 18.0 Å². The molecule has 2 rings (SSSR count). The number of anilines is 1. The summed E-state index contributed by atoms with van der Waals surface area (Å²) in [6, 6.07) is 4.03. The van der Waals surface area contributed by atoms with Crippen LogP contribution >= 0.6 is 0 Å². The molecule has 0 saturated carbocycles. The van der Waals surface area contributed by atoms with Crippen LogP contribution in [0.4, 0.5) is 19.0 Å². The number of aryl methyl sites for hydroxylation is 1. The van der Waals surface area contributed by atoms with Crippen molar-refractivity contribution in [3.8, 4) is 0 Å². The van der Waals surface area contributed by atoms with Crippen molar-refractivity contribution >= 4 is 22.8 Å². The molecule has 5 nitrogen and oxygen atoms in total. The third-order valence-corrected chi connectivity index (χ3v) is 2.71. The number of methoxy groups -OCH3 is 1. The Kier molecular flexibility index (Phi) is 4.08. The molecule has 0 saturated heterocycles. The molecule has 2 heterocycles. The first-order chi connectivity index (χ1) is 9.81. The molecule has 1 N–H and O–H groups in total. The Balaban J connectivity index is 2.43. The molecule has 2 aromatic heterocycles. The Morgan fingerprint density at radius 2 is 2.05 bits per heavy atom. The average Bonchev–Trinajstić information content (AvgIpc) is 2.37. The number of rotatable bonds is 3. The quantitative estimate of drug-likeness (QED) is 0.946. The van der Waals surface area contributed by atoms with E-state index in [1.54, 1.807) is 13.0 Å². The maximum absolute atomic E-state index is 12.7. The van der Waals surface area contributed by atoms with E-state index >= 15 is 0 Å². The van der Waals surface area contributed by atoms with Gasteiger partial charge in [0.25, 0.3) is 5.91 Å². The predicted molar refractivity (Wildman–Crippen MR) is 69.8 cm³/mol. The van der Waals surface area contributed by atoms with E-state index in [4.69, 9.17) is 0 Å². The van der Waals surface area contributed by atoms with Gasteiger partial charge in [0, 0.05) is 12.5 Å². The van der Waals surface area contributed by atoms with Crippen LogP contribution < -0.4 is 5.32 Å². The lowest BCUT2D eigenvalue weighted by atomic mass is 10.1. The molecule has 112 valence electrons. The number of amides is 1. The minimum atomic E-state index is -4.55. The number of hydrogen-bond donors (Lipinski definition) is 1. The van der Waals surface area contributed by atoms with E-state index in [1.165, 1.54) is 13.2 Å². The highest BCUT2D eigenvalue weighted by Crippen LogP contribution is 2.30. The van der Waals surface area contributed by atoms with Crippen LogP contribution in [0.1, 0.15) is 11.3 Å². The zero-order valence-corrected chi connectivity index (χ0v) is 11.3. The van der Waals surface area contributed by atoms with Crippen LogP contribution in [0, 0.1) is 6.92 Å². The number of carbonyl (C=O) groups is 1. The molecule has 21 heavy (non-hydrogen) atoms. The van der Waals surface area contributed by atoms with E-state index in [1.807, 2.05) is 0 Å². The highest BCUT2D eigenvalue weighted by Gasteiger charge is 2.33. The number of nitrogens with one attached hydrogen (secondary N) is 1. The molecule has 0 radical (unpaired) electrons. The lowest BCUT2D eigenvalue weighted by Crippen LogP contribution is -2.18. The van der Waals surface area contributed by atoms with Crippen molar-refractivity contribution in [2.75, 3.05) is 19.0 Å². The van der Waals surface area contributed by atoms with Crippen molar-refractivity contribution in [3.05, 3.63) is 29.5 Å². The second-order valence-corrected chi connectivity index (χ2v) is 4.37. The van der Waals surface area contributed by atoms with Crippen molar-refractivity contribution in [3.63, 3.8) is 0 Å². The highest BCUT2D eigenvalue weighted by molar-refractivity contribution is 5.92. The number of halogens is 3.